The van der Waals surface area contributed by atoms with E-state index in [0.717, 1.165) is 12.5 Å². The second-order valence-corrected chi connectivity index (χ2v) is 8.06. The average Bonchev–Trinajstić information content (AvgIpc) is 2.93. The van der Waals surface area contributed by atoms with Gasteiger partial charge in [0.25, 0.3) is 0 Å². The molecule has 2 heterocycles. The van der Waals surface area contributed by atoms with E-state index >= 15 is 0 Å². The lowest BCUT2D eigenvalue weighted by molar-refractivity contribution is -0.0945. The minimum Gasteiger partial charge on any atom is -0.375 e. The Morgan fingerprint density at radius 2 is 1.89 bits per heavy atom. The third-order valence-electron chi connectivity index (χ3n) is 5.50. The lowest BCUT2D eigenvalue weighted by Gasteiger charge is -2.44. The summed E-state index contributed by atoms with van der Waals surface area (Å²) in [5.74, 6) is 3.52. The van der Waals surface area contributed by atoms with Crippen molar-refractivity contribution in [3.8, 4) is 0 Å². The monoisotopic (exact) mass is 283 g/mol. The number of hydrogen-bond acceptors (Lipinski definition) is 3. The molecule has 3 aliphatic rings. The van der Waals surface area contributed by atoms with Gasteiger partial charge >= 0.3 is 0 Å². The number of nitrogens with one attached hydrogen (secondary N) is 1. The van der Waals surface area contributed by atoms with Gasteiger partial charge in [-0.3, -0.25) is 0 Å². The van der Waals surface area contributed by atoms with Crippen LogP contribution in [-0.2, 0) is 4.74 Å². The number of thioether (sulfide) groups is 1. The molecule has 0 bridgehead atoms. The molecule has 0 aromatic carbocycles. The highest BCUT2D eigenvalue weighted by Crippen LogP contribution is 2.38. The Bertz CT molecular complexity index is 279. The zero-order valence-corrected chi connectivity index (χ0v) is 13.1. The first-order valence-corrected chi connectivity index (χ1v) is 9.41. The number of rotatable bonds is 3. The number of ether oxygens (including phenoxy) is 1. The molecule has 19 heavy (non-hydrogen) atoms. The van der Waals surface area contributed by atoms with Gasteiger partial charge in [0.2, 0.25) is 0 Å². The van der Waals surface area contributed by atoms with E-state index in [0.29, 0.717) is 12.1 Å². The first-order valence-electron chi connectivity index (χ1n) is 8.25. The molecule has 0 aromatic rings. The van der Waals surface area contributed by atoms with Crippen molar-refractivity contribution in [2.45, 2.75) is 76.0 Å². The predicted molar refractivity (Wildman–Crippen MR) is 82.8 cm³/mol. The molecule has 110 valence electrons. The summed E-state index contributed by atoms with van der Waals surface area (Å²) in [6, 6.07) is 1.41. The maximum Gasteiger partial charge on any atom is 0.0713 e. The lowest BCUT2D eigenvalue weighted by Crippen LogP contribution is -2.51. The summed E-state index contributed by atoms with van der Waals surface area (Å²) in [6.07, 6.45) is 10.8. The van der Waals surface area contributed by atoms with Crippen LogP contribution in [0.4, 0.5) is 0 Å². The Hall–Kier alpha value is 0.270. The molecule has 2 atom stereocenters. The van der Waals surface area contributed by atoms with Gasteiger partial charge in [-0.05, 0) is 62.9 Å². The number of hydrogen-bond donors (Lipinski definition) is 1. The van der Waals surface area contributed by atoms with E-state index in [-0.39, 0.29) is 5.60 Å². The molecule has 2 nitrogen and oxygen atoms in total. The first kappa shape index (κ1) is 14.2. The van der Waals surface area contributed by atoms with Crippen LogP contribution in [0.15, 0.2) is 0 Å². The lowest BCUT2D eigenvalue weighted by atomic mass is 9.84. The smallest absolute Gasteiger partial charge is 0.0713 e. The van der Waals surface area contributed by atoms with Crippen molar-refractivity contribution in [3.05, 3.63) is 0 Å². The molecule has 1 unspecified atom stereocenters. The predicted octanol–water partition coefficient (Wildman–Crippen LogP) is 3.60. The van der Waals surface area contributed by atoms with Crippen molar-refractivity contribution in [2.75, 3.05) is 18.1 Å². The Morgan fingerprint density at radius 3 is 2.63 bits per heavy atom. The van der Waals surface area contributed by atoms with Gasteiger partial charge in [0.1, 0.15) is 0 Å². The van der Waals surface area contributed by atoms with E-state index in [1.54, 1.807) is 0 Å². The molecule has 1 spiro atoms. The van der Waals surface area contributed by atoms with Crippen LogP contribution in [0.3, 0.4) is 0 Å². The molecule has 0 radical (unpaired) electrons. The molecule has 3 heteroatoms. The van der Waals surface area contributed by atoms with Gasteiger partial charge in [-0.15, -0.1) is 0 Å². The van der Waals surface area contributed by atoms with Gasteiger partial charge in [-0.1, -0.05) is 12.8 Å². The highest BCUT2D eigenvalue weighted by molar-refractivity contribution is 7.99. The van der Waals surface area contributed by atoms with E-state index < -0.39 is 0 Å². The van der Waals surface area contributed by atoms with Crippen LogP contribution in [0, 0.1) is 5.92 Å². The highest BCUT2D eigenvalue weighted by atomic mass is 32.2. The third-order valence-corrected chi connectivity index (χ3v) is 6.49. The standard InChI is InChI=1S/C16H29NOS/c1-13(14-4-2-3-5-14)17-15-6-9-18-16(12-15)7-10-19-11-8-16/h13-15,17H,2-12H2,1H3/t13-,15?/m0/s1. The van der Waals surface area contributed by atoms with Crippen molar-refractivity contribution in [1.29, 1.82) is 0 Å². The van der Waals surface area contributed by atoms with Crippen molar-refractivity contribution < 1.29 is 4.74 Å². The summed E-state index contributed by atoms with van der Waals surface area (Å²) < 4.78 is 6.19. The third kappa shape index (κ3) is 3.48. The molecule has 0 amide bonds. The minimum atomic E-state index is 0.233. The van der Waals surface area contributed by atoms with Crippen molar-refractivity contribution in [2.24, 2.45) is 5.92 Å². The Balaban J connectivity index is 1.52. The fourth-order valence-electron chi connectivity index (χ4n) is 4.23. The summed E-state index contributed by atoms with van der Waals surface area (Å²) in [7, 11) is 0. The molecular formula is C16H29NOS. The highest BCUT2D eigenvalue weighted by Gasteiger charge is 2.39. The zero-order chi connectivity index (χ0) is 13.1. The average molecular weight is 283 g/mol. The molecular weight excluding hydrogens is 254 g/mol. The summed E-state index contributed by atoms with van der Waals surface area (Å²) >= 11 is 2.10. The van der Waals surface area contributed by atoms with Gasteiger partial charge in [-0.25, -0.2) is 0 Å². The van der Waals surface area contributed by atoms with Crippen LogP contribution in [0.2, 0.25) is 0 Å². The summed E-state index contributed by atoms with van der Waals surface area (Å²) in [4.78, 5) is 0. The molecule has 3 rings (SSSR count). The molecule has 3 fully saturated rings. The van der Waals surface area contributed by atoms with E-state index in [4.69, 9.17) is 4.74 Å². The maximum atomic E-state index is 6.19. The summed E-state index contributed by atoms with van der Waals surface area (Å²) in [5.41, 5.74) is 0.233. The summed E-state index contributed by atoms with van der Waals surface area (Å²) in [5, 5.41) is 3.95. The molecule has 1 aliphatic carbocycles. The zero-order valence-electron chi connectivity index (χ0n) is 12.3. The molecule has 2 saturated heterocycles. The summed E-state index contributed by atoms with van der Waals surface area (Å²) in [6.45, 7) is 3.38. The van der Waals surface area contributed by atoms with Gasteiger partial charge in [0.15, 0.2) is 0 Å². The van der Waals surface area contributed by atoms with Crippen LogP contribution >= 0.6 is 11.8 Å². The van der Waals surface area contributed by atoms with Crippen LogP contribution in [-0.4, -0.2) is 35.8 Å². The molecule has 1 saturated carbocycles. The fraction of sp³-hybridized carbons (Fsp3) is 1.00. The van der Waals surface area contributed by atoms with Crippen molar-refractivity contribution >= 4 is 11.8 Å². The SMILES string of the molecule is C[C@H](NC1CCOC2(CCSCC2)C1)C1CCCC1. The van der Waals surface area contributed by atoms with Crippen molar-refractivity contribution in [3.63, 3.8) is 0 Å². The quantitative estimate of drug-likeness (QED) is 0.855. The van der Waals surface area contributed by atoms with E-state index in [2.05, 4.69) is 24.0 Å². The molecule has 2 aliphatic heterocycles. The minimum absolute atomic E-state index is 0.233. The van der Waals surface area contributed by atoms with Crippen LogP contribution < -0.4 is 5.32 Å². The Morgan fingerprint density at radius 1 is 1.16 bits per heavy atom. The topological polar surface area (TPSA) is 21.3 Å². The van der Waals surface area contributed by atoms with E-state index in [1.807, 2.05) is 0 Å². The Kier molecular flexibility index (Phi) is 4.76. The second kappa shape index (κ2) is 6.36. The molecule has 0 aromatic heterocycles. The van der Waals surface area contributed by atoms with Crippen LogP contribution in [0.25, 0.3) is 0 Å². The van der Waals surface area contributed by atoms with Gasteiger partial charge in [0, 0.05) is 18.7 Å². The molecule has 1 N–H and O–H groups in total. The second-order valence-electron chi connectivity index (χ2n) is 6.83. The van der Waals surface area contributed by atoms with Crippen LogP contribution in [0.5, 0.6) is 0 Å². The Labute approximate surface area is 122 Å². The van der Waals surface area contributed by atoms with Crippen molar-refractivity contribution in [1.82, 2.24) is 5.32 Å². The fourth-order valence-corrected chi connectivity index (χ4v) is 5.46. The van der Waals surface area contributed by atoms with Gasteiger partial charge in [0.05, 0.1) is 5.60 Å². The van der Waals surface area contributed by atoms with Gasteiger partial charge < -0.3 is 10.1 Å². The van der Waals surface area contributed by atoms with E-state index in [9.17, 15) is 0 Å². The normalized spacial score (nSPS) is 33.6. The van der Waals surface area contributed by atoms with Crippen LogP contribution in [0.1, 0.15) is 58.3 Å². The van der Waals surface area contributed by atoms with E-state index in [1.165, 1.54) is 62.9 Å². The first-order chi connectivity index (χ1) is 9.27. The largest absolute Gasteiger partial charge is 0.375 e. The maximum absolute atomic E-state index is 6.19. The van der Waals surface area contributed by atoms with Gasteiger partial charge in [-0.2, -0.15) is 11.8 Å².